The van der Waals surface area contributed by atoms with Gasteiger partial charge in [0.25, 0.3) is 0 Å². The molecule has 0 aliphatic carbocycles. The first kappa shape index (κ1) is 17.5. The van der Waals surface area contributed by atoms with E-state index in [1.54, 1.807) is 0 Å². The van der Waals surface area contributed by atoms with E-state index in [1.807, 2.05) is 54.6 Å². The molecular weight excluding hydrogens is 316 g/mol. The zero-order valence-electron chi connectivity index (χ0n) is 14.2. The molecule has 0 aromatic heterocycles. The van der Waals surface area contributed by atoms with Crippen molar-refractivity contribution in [1.82, 2.24) is 10.6 Å². The summed E-state index contributed by atoms with van der Waals surface area (Å²) in [6, 6.07) is 18.1. The van der Waals surface area contributed by atoms with Gasteiger partial charge in [0.2, 0.25) is 5.91 Å². The van der Waals surface area contributed by atoms with Crippen LogP contribution in [0.2, 0.25) is 0 Å². The second kappa shape index (κ2) is 9.20. The molecule has 3 rings (SSSR count). The maximum Gasteiger partial charge on any atom is 0.250 e. The number of carbonyl (C=O) groups is 1. The Morgan fingerprint density at radius 3 is 2.64 bits per heavy atom. The third-order valence-electron chi connectivity index (χ3n) is 4.10. The number of hydrogen-bond acceptors (Lipinski definition) is 4. The van der Waals surface area contributed by atoms with Gasteiger partial charge in [0.15, 0.2) is 0 Å². The van der Waals surface area contributed by atoms with Gasteiger partial charge in [0.05, 0.1) is 6.61 Å². The number of nitrogens with one attached hydrogen (secondary N) is 2. The maximum absolute atomic E-state index is 12.0. The number of rotatable bonds is 7. The molecule has 0 radical (unpaired) electrons. The number of benzene rings is 2. The van der Waals surface area contributed by atoms with Crippen molar-refractivity contribution in [2.45, 2.75) is 19.1 Å². The number of carbonyl (C=O) groups excluding carboxylic acids is 1. The molecule has 1 aliphatic heterocycles. The summed E-state index contributed by atoms with van der Waals surface area (Å²) >= 11 is 0. The fourth-order valence-electron chi connectivity index (χ4n) is 2.67. The fourth-order valence-corrected chi connectivity index (χ4v) is 2.67. The smallest absolute Gasteiger partial charge is 0.250 e. The van der Waals surface area contributed by atoms with Crippen molar-refractivity contribution in [3.8, 4) is 5.75 Å². The Hall–Kier alpha value is -2.37. The zero-order valence-corrected chi connectivity index (χ0v) is 14.2. The number of ether oxygens (including phenoxy) is 2. The van der Waals surface area contributed by atoms with Gasteiger partial charge in [0, 0.05) is 19.6 Å². The van der Waals surface area contributed by atoms with Gasteiger partial charge in [-0.15, -0.1) is 0 Å². The van der Waals surface area contributed by atoms with Crippen LogP contribution in [-0.4, -0.2) is 38.3 Å². The minimum atomic E-state index is -0.373. The minimum absolute atomic E-state index is 0.0463. The largest absolute Gasteiger partial charge is 0.489 e. The molecule has 2 aromatic rings. The SMILES string of the molecule is O=C(NCCc1ccc(OCc2ccccc2)cc1)[C@H]1CNCCO1. The Morgan fingerprint density at radius 2 is 1.92 bits per heavy atom. The normalized spacial score (nSPS) is 17.0. The maximum atomic E-state index is 12.0. The molecule has 1 aliphatic rings. The Kier molecular flexibility index (Phi) is 6.42. The van der Waals surface area contributed by atoms with Gasteiger partial charge in [0.1, 0.15) is 18.5 Å². The standard InChI is InChI=1S/C20H24N2O3/c23-20(19-14-21-12-13-24-19)22-11-10-16-6-8-18(9-7-16)25-15-17-4-2-1-3-5-17/h1-9,19,21H,10-15H2,(H,22,23)/t19-/m1/s1. The van der Waals surface area contributed by atoms with Crippen LogP contribution in [0.25, 0.3) is 0 Å². The second-order valence-electron chi connectivity index (χ2n) is 6.02. The van der Waals surface area contributed by atoms with Crippen LogP contribution in [0.15, 0.2) is 54.6 Å². The van der Waals surface area contributed by atoms with Crippen molar-refractivity contribution < 1.29 is 14.3 Å². The number of hydrogen-bond donors (Lipinski definition) is 2. The third kappa shape index (κ3) is 5.59. The molecule has 1 fully saturated rings. The lowest BCUT2D eigenvalue weighted by atomic mass is 10.1. The molecule has 1 amide bonds. The van der Waals surface area contributed by atoms with E-state index in [2.05, 4.69) is 10.6 Å². The quantitative estimate of drug-likeness (QED) is 0.808. The fraction of sp³-hybridized carbons (Fsp3) is 0.350. The molecule has 1 atom stereocenters. The van der Waals surface area contributed by atoms with Crippen molar-refractivity contribution >= 4 is 5.91 Å². The van der Waals surface area contributed by atoms with Crippen LogP contribution in [0.5, 0.6) is 5.75 Å². The van der Waals surface area contributed by atoms with Gasteiger partial charge in [-0.3, -0.25) is 4.79 Å². The first-order valence-electron chi connectivity index (χ1n) is 8.67. The molecule has 2 aromatic carbocycles. The highest BCUT2D eigenvalue weighted by Crippen LogP contribution is 2.14. The van der Waals surface area contributed by atoms with Gasteiger partial charge >= 0.3 is 0 Å². The average molecular weight is 340 g/mol. The molecule has 5 nitrogen and oxygen atoms in total. The molecule has 0 saturated carbocycles. The molecule has 0 spiro atoms. The van der Waals surface area contributed by atoms with E-state index in [0.717, 1.165) is 29.8 Å². The molecular formula is C20H24N2O3. The predicted octanol–water partition coefficient (Wildman–Crippen LogP) is 1.91. The Bertz CT molecular complexity index is 652. The summed E-state index contributed by atoms with van der Waals surface area (Å²) in [5.41, 5.74) is 2.31. The number of amides is 1. The van der Waals surface area contributed by atoms with Crippen LogP contribution in [0.3, 0.4) is 0 Å². The average Bonchev–Trinajstić information content (AvgIpc) is 2.69. The lowest BCUT2D eigenvalue weighted by Gasteiger charge is -2.22. The first-order valence-corrected chi connectivity index (χ1v) is 8.67. The van der Waals surface area contributed by atoms with Gasteiger partial charge < -0.3 is 20.1 Å². The summed E-state index contributed by atoms with van der Waals surface area (Å²) in [5.74, 6) is 0.799. The van der Waals surface area contributed by atoms with Crippen LogP contribution in [-0.2, 0) is 22.6 Å². The first-order chi connectivity index (χ1) is 12.3. The second-order valence-corrected chi connectivity index (χ2v) is 6.02. The van der Waals surface area contributed by atoms with Gasteiger partial charge in [-0.2, -0.15) is 0 Å². The van der Waals surface area contributed by atoms with Crippen molar-refractivity contribution in [2.24, 2.45) is 0 Å². The van der Waals surface area contributed by atoms with Gasteiger partial charge in [-0.05, 0) is 29.7 Å². The van der Waals surface area contributed by atoms with Crippen LogP contribution < -0.4 is 15.4 Å². The molecule has 25 heavy (non-hydrogen) atoms. The van der Waals surface area contributed by atoms with Gasteiger partial charge in [-0.25, -0.2) is 0 Å². The van der Waals surface area contributed by atoms with Crippen molar-refractivity contribution in [1.29, 1.82) is 0 Å². The summed E-state index contributed by atoms with van der Waals surface area (Å²) in [5, 5.41) is 6.08. The molecule has 2 N–H and O–H groups in total. The molecule has 1 heterocycles. The van der Waals surface area contributed by atoms with Gasteiger partial charge in [-0.1, -0.05) is 42.5 Å². The van der Waals surface area contributed by atoms with Crippen molar-refractivity contribution in [3.05, 3.63) is 65.7 Å². The van der Waals surface area contributed by atoms with Crippen molar-refractivity contribution in [2.75, 3.05) is 26.2 Å². The topological polar surface area (TPSA) is 59.6 Å². The molecule has 5 heteroatoms. The van der Waals surface area contributed by atoms with E-state index >= 15 is 0 Å². The van der Waals surface area contributed by atoms with Crippen molar-refractivity contribution in [3.63, 3.8) is 0 Å². The van der Waals surface area contributed by atoms with Crippen LogP contribution in [0.1, 0.15) is 11.1 Å². The Balaban J connectivity index is 1.39. The van der Waals surface area contributed by atoms with E-state index in [1.165, 1.54) is 0 Å². The van der Waals surface area contributed by atoms with E-state index < -0.39 is 0 Å². The predicted molar refractivity (Wildman–Crippen MR) is 96.5 cm³/mol. The van der Waals surface area contributed by atoms with Crippen LogP contribution in [0, 0.1) is 0 Å². The monoisotopic (exact) mass is 340 g/mol. The Labute approximate surface area is 148 Å². The van der Waals surface area contributed by atoms with E-state index in [4.69, 9.17) is 9.47 Å². The number of morpholine rings is 1. The highest BCUT2D eigenvalue weighted by molar-refractivity contribution is 5.81. The summed E-state index contributed by atoms with van der Waals surface area (Å²) in [6.45, 7) is 3.14. The zero-order chi connectivity index (χ0) is 17.3. The third-order valence-corrected chi connectivity index (χ3v) is 4.10. The highest BCUT2D eigenvalue weighted by atomic mass is 16.5. The van der Waals surface area contributed by atoms with E-state index in [9.17, 15) is 4.79 Å². The molecule has 0 bridgehead atoms. The minimum Gasteiger partial charge on any atom is -0.489 e. The summed E-state index contributed by atoms with van der Waals surface area (Å²) in [6.07, 6.45) is 0.410. The summed E-state index contributed by atoms with van der Waals surface area (Å²) in [4.78, 5) is 12.0. The lowest BCUT2D eigenvalue weighted by Crippen LogP contribution is -2.48. The summed E-state index contributed by atoms with van der Waals surface area (Å²) < 4.78 is 11.2. The Morgan fingerprint density at radius 1 is 1.12 bits per heavy atom. The van der Waals surface area contributed by atoms with Crippen LogP contribution >= 0.6 is 0 Å². The molecule has 132 valence electrons. The molecule has 1 saturated heterocycles. The lowest BCUT2D eigenvalue weighted by molar-refractivity contribution is -0.134. The van der Waals surface area contributed by atoms with E-state index in [0.29, 0.717) is 26.3 Å². The van der Waals surface area contributed by atoms with E-state index in [-0.39, 0.29) is 12.0 Å². The summed E-state index contributed by atoms with van der Waals surface area (Å²) in [7, 11) is 0. The molecule has 0 unspecified atom stereocenters. The highest BCUT2D eigenvalue weighted by Gasteiger charge is 2.20. The van der Waals surface area contributed by atoms with Crippen LogP contribution in [0.4, 0.5) is 0 Å².